The number of aryl methyl sites for hydroxylation is 1. The van der Waals surface area contributed by atoms with Crippen molar-refractivity contribution in [3.63, 3.8) is 0 Å². The van der Waals surface area contributed by atoms with Crippen LogP contribution in [0.25, 0.3) is 16.7 Å². The average Bonchev–Trinajstić information content (AvgIpc) is 3.14. The van der Waals surface area contributed by atoms with E-state index < -0.39 is 5.82 Å². The highest BCUT2D eigenvalue weighted by molar-refractivity contribution is 6.30. The molecule has 5 nitrogen and oxygen atoms in total. The first kappa shape index (κ1) is 22.8. The zero-order valence-corrected chi connectivity index (χ0v) is 18.7. The number of allylic oxidation sites excluding steroid dienone is 1. The summed E-state index contributed by atoms with van der Waals surface area (Å²) >= 11 is 6.08. The standard InChI is InChI=1S/C24H28ClFN4O/c1-5-7-8-12-31-29-17(4)19-14-21-24(30(11-6-2)15-27-21)22(26)23(19)28-20-10-9-18(25)13-16(20)3/h6,9-10,13-15,28-29H,2,4-5,7-8,11-12H2,1,3H3. The maximum atomic E-state index is 15.8. The molecule has 0 atom stereocenters. The van der Waals surface area contributed by atoms with Gasteiger partial charge in [-0.2, -0.15) is 0 Å². The fraction of sp³-hybridized carbons (Fsp3) is 0.292. The zero-order chi connectivity index (χ0) is 22.4. The van der Waals surface area contributed by atoms with Crippen LogP contribution in [0.3, 0.4) is 0 Å². The van der Waals surface area contributed by atoms with Crippen molar-refractivity contribution in [2.75, 3.05) is 11.9 Å². The Morgan fingerprint density at radius 3 is 2.84 bits per heavy atom. The van der Waals surface area contributed by atoms with Gasteiger partial charge in [-0.15, -0.1) is 6.58 Å². The summed E-state index contributed by atoms with van der Waals surface area (Å²) in [6.07, 6.45) is 6.43. The van der Waals surface area contributed by atoms with E-state index in [2.05, 4.69) is 35.9 Å². The summed E-state index contributed by atoms with van der Waals surface area (Å²) in [7, 11) is 0. The van der Waals surface area contributed by atoms with E-state index in [1.54, 1.807) is 29.1 Å². The molecule has 0 radical (unpaired) electrons. The van der Waals surface area contributed by atoms with E-state index in [4.69, 9.17) is 16.4 Å². The number of halogens is 2. The molecular formula is C24H28ClFN4O. The number of imidazole rings is 1. The fourth-order valence-electron chi connectivity index (χ4n) is 3.34. The molecule has 0 aliphatic carbocycles. The highest BCUT2D eigenvalue weighted by atomic mass is 35.5. The summed E-state index contributed by atoms with van der Waals surface area (Å²) in [6, 6.07) is 7.21. The molecule has 1 aromatic heterocycles. The Bertz CT molecular complexity index is 1090. The summed E-state index contributed by atoms with van der Waals surface area (Å²) in [4.78, 5) is 9.90. The third kappa shape index (κ3) is 5.27. The van der Waals surface area contributed by atoms with Crippen molar-refractivity contribution in [1.29, 1.82) is 0 Å². The van der Waals surface area contributed by atoms with Crippen LogP contribution in [0.2, 0.25) is 5.02 Å². The van der Waals surface area contributed by atoms with Gasteiger partial charge in [-0.05, 0) is 43.2 Å². The SMILES string of the molecule is C=CCn1cnc2cc(C(=C)NOCCCCC)c(Nc3ccc(Cl)cc3C)c(F)c21. The number of unbranched alkanes of at least 4 members (excludes halogenated alkanes) is 2. The number of hydroxylamine groups is 1. The molecule has 0 unspecified atom stereocenters. The van der Waals surface area contributed by atoms with E-state index in [-0.39, 0.29) is 0 Å². The van der Waals surface area contributed by atoms with Crippen LogP contribution in [0.4, 0.5) is 15.8 Å². The van der Waals surface area contributed by atoms with Gasteiger partial charge in [0.2, 0.25) is 0 Å². The number of benzene rings is 2. The molecule has 2 N–H and O–H groups in total. The second-order valence-electron chi connectivity index (χ2n) is 7.39. The third-order valence-corrected chi connectivity index (χ3v) is 5.22. The Morgan fingerprint density at radius 1 is 1.32 bits per heavy atom. The van der Waals surface area contributed by atoms with Crippen molar-refractivity contribution in [2.45, 2.75) is 39.7 Å². The Balaban J connectivity index is 2.01. The van der Waals surface area contributed by atoms with E-state index in [1.165, 1.54) is 0 Å². The van der Waals surface area contributed by atoms with Crippen molar-refractivity contribution in [1.82, 2.24) is 15.0 Å². The van der Waals surface area contributed by atoms with Crippen molar-refractivity contribution in [3.05, 3.63) is 71.8 Å². The van der Waals surface area contributed by atoms with Gasteiger partial charge in [0.05, 0.1) is 29.8 Å². The molecule has 0 spiro atoms. The van der Waals surface area contributed by atoms with Gasteiger partial charge in [0.25, 0.3) is 0 Å². The van der Waals surface area contributed by atoms with Crippen molar-refractivity contribution in [3.8, 4) is 0 Å². The average molecular weight is 443 g/mol. The lowest BCUT2D eigenvalue weighted by molar-refractivity contribution is 0.0755. The molecule has 31 heavy (non-hydrogen) atoms. The molecule has 0 amide bonds. The molecule has 0 aliphatic rings. The number of fused-ring (bicyclic) bond motifs is 1. The second-order valence-corrected chi connectivity index (χ2v) is 7.82. The summed E-state index contributed by atoms with van der Waals surface area (Å²) in [5.41, 5.74) is 6.71. The third-order valence-electron chi connectivity index (χ3n) is 4.99. The van der Waals surface area contributed by atoms with Crippen LogP contribution in [0, 0.1) is 12.7 Å². The van der Waals surface area contributed by atoms with Gasteiger partial charge >= 0.3 is 0 Å². The molecule has 3 aromatic rings. The fourth-order valence-corrected chi connectivity index (χ4v) is 3.57. The maximum absolute atomic E-state index is 15.8. The number of hydrogen-bond acceptors (Lipinski definition) is 4. The summed E-state index contributed by atoms with van der Waals surface area (Å²) in [5.74, 6) is -0.421. The van der Waals surface area contributed by atoms with Crippen molar-refractivity contribution < 1.29 is 9.23 Å². The van der Waals surface area contributed by atoms with Gasteiger partial charge < -0.3 is 9.88 Å². The topological polar surface area (TPSA) is 51.1 Å². The molecule has 7 heteroatoms. The normalized spacial score (nSPS) is 11.0. The quantitative estimate of drug-likeness (QED) is 0.196. The lowest BCUT2D eigenvalue weighted by atomic mass is 10.1. The molecule has 164 valence electrons. The second kappa shape index (κ2) is 10.5. The van der Waals surface area contributed by atoms with Crippen molar-refractivity contribution >= 4 is 39.7 Å². The van der Waals surface area contributed by atoms with Crippen molar-refractivity contribution in [2.24, 2.45) is 0 Å². The first-order valence-corrected chi connectivity index (χ1v) is 10.7. The number of anilines is 2. The Kier molecular flexibility index (Phi) is 7.71. The predicted octanol–water partition coefficient (Wildman–Crippen LogP) is 6.75. The minimum atomic E-state index is -0.421. The maximum Gasteiger partial charge on any atom is 0.173 e. The van der Waals surface area contributed by atoms with E-state index in [1.807, 2.05) is 19.1 Å². The first-order valence-electron chi connectivity index (χ1n) is 10.3. The van der Waals surface area contributed by atoms with Crippen LogP contribution < -0.4 is 10.8 Å². The van der Waals surface area contributed by atoms with Gasteiger partial charge in [-0.25, -0.2) is 9.37 Å². The highest BCUT2D eigenvalue weighted by Gasteiger charge is 2.20. The zero-order valence-electron chi connectivity index (χ0n) is 18.0. The number of nitrogens with zero attached hydrogens (tertiary/aromatic N) is 2. The lowest BCUT2D eigenvalue weighted by Gasteiger charge is -2.18. The number of nitrogens with one attached hydrogen (secondary N) is 2. The van der Waals surface area contributed by atoms with E-state index >= 15 is 4.39 Å². The molecule has 1 heterocycles. The first-order chi connectivity index (χ1) is 15.0. The van der Waals surface area contributed by atoms with Gasteiger partial charge in [0, 0.05) is 22.8 Å². The molecule has 3 rings (SSSR count). The Hall–Kier alpha value is -2.83. The largest absolute Gasteiger partial charge is 0.352 e. The van der Waals surface area contributed by atoms with Crippen LogP contribution >= 0.6 is 11.6 Å². The van der Waals surface area contributed by atoms with Gasteiger partial charge in [-0.3, -0.25) is 10.3 Å². The van der Waals surface area contributed by atoms with E-state index in [0.717, 1.165) is 30.5 Å². The number of rotatable bonds is 11. The summed E-state index contributed by atoms with van der Waals surface area (Å²) in [5, 5.41) is 3.84. The molecule has 0 saturated heterocycles. The minimum Gasteiger partial charge on any atom is -0.352 e. The Morgan fingerprint density at radius 2 is 2.13 bits per heavy atom. The van der Waals surface area contributed by atoms with Gasteiger partial charge in [0.1, 0.15) is 5.52 Å². The predicted molar refractivity (Wildman–Crippen MR) is 127 cm³/mol. The lowest BCUT2D eigenvalue weighted by Crippen LogP contribution is -2.15. The van der Waals surface area contributed by atoms with Crippen LogP contribution in [0.5, 0.6) is 0 Å². The molecule has 0 aliphatic heterocycles. The van der Waals surface area contributed by atoms with Crippen LogP contribution in [0.15, 0.2) is 49.8 Å². The van der Waals surface area contributed by atoms with E-state index in [9.17, 15) is 0 Å². The Labute approximate surface area is 187 Å². The molecule has 0 fully saturated rings. The molecule has 0 saturated carbocycles. The van der Waals surface area contributed by atoms with Crippen LogP contribution in [0.1, 0.15) is 37.3 Å². The van der Waals surface area contributed by atoms with Gasteiger partial charge in [0.15, 0.2) is 5.82 Å². The highest BCUT2D eigenvalue weighted by Crippen LogP contribution is 2.35. The summed E-state index contributed by atoms with van der Waals surface area (Å²) in [6.45, 7) is 12.8. The van der Waals surface area contributed by atoms with Crippen LogP contribution in [-0.4, -0.2) is 16.2 Å². The van der Waals surface area contributed by atoms with Gasteiger partial charge in [-0.1, -0.05) is 44.0 Å². The molecule has 2 aromatic carbocycles. The number of hydrogen-bond donors (Lipinski definition) is 2. The number of aromatic nitrogens is 2. The monoisotopic (exact) mass is 442 g/mol. The summed E-state index contributed by atoms with van der Waals surface area (Å²) < 4.78 is 17.5. The minimum absolute atomic E-state index is 0.290. The smallest absolute Gasteiger partial charge is 0.173 e. The van der Waals surface area contributed by atoms with E-state index in [0.29, 0.717) is 46.2 Å². The molecular weight excluding hydrogens is 415 g/mol. The molecule has 0 bridgehead atoms. The van der Waals surface area contributed by atoms with Crippen LogP contribution in [-0.2, 0) is 11.4 Å².